The lowest BCUT2D eigenvalue weighted by atomic mass is 10.0. The molecular formula is C25H32N6O2S2. The number of thiophene rings is 1. The monoisotopic (exact) mass is 512 g/mol. The molecular weight excluding hydrogens is 480 g/mol. The molecule has 0 spiro atoms. The fraction of sp³-hybridized carbons (Fsp3) is 0.440. The Morgan fingerprint density at radius 3 is 2.97 bits per heavy atom. The molecule has 0 amide bonds. The van der Waals surface area contributed by atoms with Gasteiger partial charge in [-0.05, 0) is 69.0 Å². The van der Waals surface area contributed by atoms with Crippen LogP contribution in [-0.2, 0) is 23.0 Å². The lowest BCUT2D eigenvalue weighted by Crippen LogP contribution is -2.33. The van der Waals surface area contributed by atoms with Crippen LogP contribution in [0.4, 0.5) is 17.2 Å². The van der Waals surface area contributed by atoms with Crippen molar-refractivity contribution >= 4 is 54.8 Å². The van der Waals surface area contributed by atoms with Crippen LogP contribution in [0.3, 0.4) is 0 Å². The van der Waals surface area contributed by atoms with Gasteiger partial charge >= 0.3 is 0 Å². The average Bonchev–Trinajstić information content (AvgIpc) is 3.22. The van der Waals surface area contributed by atoms with Gasteiger partial charge in [0.2, 0.25) is 10.0 Å². The minimum absolute atomic E-state index is 0.389. The quantitative estimate of drug-likeness (QED) is 0.367. The third kappa shape index (κ3) is 5.35. The number of hydrogen-bond acceptors (Lipinski definition) is 8. The van der Waals surface area contributed by atoms with E-state index in [4.69, 9.17) is 0 Å². The van der Waals surface area contributed by atoms with Crippen LogP contribution in [0, 0.1) is 0 Å². The standard InChI is InChI=1S/C25H32N6O2S2/c1-17(2)35(32,33)29-11-3-4-12-31-13-9-20-22(15-31)34-25-23(20)24(27-16-28-25)30-19-7-8-21-18(14-19)6-5-10-26-21/h5-8,14,16-17,26,29H,3-4,9-13,15H2,1-2H3,(H,27,28,30). The van der Waals surface area contributed by atoms with Crippen LogP contribution in [0.1, 0.15) is 42.7 Å². The molecule has 186 valence electrons. The Labute approximate surface area is 210 Å². The Balaban J connectivity index is 1.24. The van der Waals surface area contributed by atoms with E-state index in [1.165, 1.54) is 16.0 Å². The Bertz CT molecular complexity index is 1350. The first kappa shape index (κ1) is 24.2. The molecule has 0 saturated carbocycles. The van der Waals surface area contributed by atoms with Gasteiger partial charge in [-0.3, -0.25) is 4.90 Å². The van der Waals surface area contributed by atoms with Gasteiger partial charge in [-0.25, -0.2) is 23.1 Å². The van der Waals surface area contributed by atoms with E-state index in [1.54, 1.807) is 31.5 Å². The molecule has 0 bridgehead atoms. The predicted molar refractivity (Wildman–Crippen MR) is 145 cm³/mol. The Morgan fingerprint density at radius 1 is 1.23 bits per heavy atom. The normalized spacial score (nSPS) is 15.7. The lowest BCUT2D eigenvalue weighted by molar-refractivity contribution is 0.253. The second-order valence-corrected chi connectivity index (χ2v) is 12.7. The fourth-order valence-corrected chi connectivity index (χ4v) is 6.53. The van der Waals surface area contributed by atoms with Crippen molar-refractivity contribution in [3.63, 3.8) is 0 Å². The highest BCUT2D eigenvalue weighted by molar-refractivity contribution is 7.90. The Morgan fingerprint density at radius 2 is 2.11 bits per heavy atom. The van der Waals surface area contributed by atoms with Crippen molar-refractivity contribution in [1.29, 1.82) is 0 Å². The van der Waals surface area contributed by atoms with E-state index >= 15 is 0 Å². The Kier molecular flexibility index (Phi) is 7.06. The molecule has 0 atom stereocenters. The summed E-state index contributed by atoms with van der Waals surface area (Å²) in [5, 5.41) is 7.67. The number of hydrogen-bond donors (Lipinski definition) is 3. The third-order valence-corrected chi connectivity index (χ3v) is 9.54. The van der Waals surface area contributed by atoms with Gasteiger partial charge in [-0.1, -0.05) is 12.2 Å². The summed E-state index contributed by atoms with van der Waals surface area (Å²) < 4.78 is 26.5. The van der Waals surface area contributed by atoms with Gasteiger partial charge in [0.05, 0.1) is 10.6 Å². The summed E-state index contributed by atoms with van der Waals surface area (Å²) in [6, 6.07) is 6.34. The van der Waals surface area contributed by atoms with Crippen LogP contribution in [0.5, 0.6) is 0 Å². The number of anilines is 3. The number of fused-ring (bicyclic) bond motifs is 4. The van der Waals surface area contributed by atoms with Crippen molar-refractivity contribution in [2.75, 3.05) is 36.8 Å². The minimum Gasteiger partial charge on any atom is -0.381 e. The van der Waals surface area contributed by atoms with Crippen LogP contribution in [-0.4, -0.2) is 54.7 Å². The highest BCUT2D eigenvalue weighted by atomic mass is 32.2. The van der Waals surface area contributed by atoms with E-state index in [2.05, 4.69) is 60.6 Å². The molecule has 8 nitrogen and oxygen atoms in total. The lowest BCUT2D eigenvalue weighted by Gasteiger charge is -2.27. The van der Waals surface area contributed by atoms with Gasteiger partial charge in [0.1, 0.15) is 17.0 Å². The van der Waals surface area contributed by atoms with Gasteiger partial charge < -0.3 is 10.6 Å². The van der Waals surface area contributed by atoms with Crippen molar-refractivity contribution in [2.45, 2.75) is 44.9 Å². The first-order valence-electron chi connectivity index (χ1n) is 12.2. The van der Waals surface area contributed by atoms with Crippen LogP contribution in [0.2, 0.25) is 0 Å². The number of nitrogens with one attached hydrogen (secondary N) is 3. The topological polar surface area (TPSA) is 99.2 Å². The zero-order chi connectivity index (χ0) is 24.4. The van der Waals surface area contributed by atoms with Crippen LogP contribution in [0.15, 0.2) is 30.6 Å². The zero-order valence-electron chi connectivity index (χ0n) is 20.2. The molecule has 2 aromatic heterocycles. The number of rotatable bonds is 9. The number of nitrogens with zero attached hydrogens (tertiary/aromatic N) is 3. The van der Waals surface area contributed by atoms with Crippen molar-refractivity contribution < 1.29 is 8.42 Å². The highest BCUT2D eigenvalue weighted by Gasteiger charge is 2.24. The van der Waals surface area contributed by atoms with Gasteiger partial charge in [-0.15, -0.1) is 11.3 Å². The van der Waals surface area contributed by atoms with E-state index in [-0.39, 0.29) is 5.25 Å². The maximum absolute atomic E-state index is 11.9. The molecule has 3 N–H and O–H groups in total. The van der Waals surface area contributed by atoms with Crippen molar-refractivity contribution in [3.8, 4) is 0 Å². The first-order valence-corrected chi connectivity index (χ1v) is 14.5. The Hall–Kier alpha value is -2.53. The molecule has 0 fully saturated rings. The molecule has 10 heteroatoms. The molecule has 2 aliphatic heterocycles. The largest absolute Gasteiger partial charge is 0.381 e. The van der Waals surface area contributed by atoms with E-state index in [0.29, 0.717) is 6.54 Å². The summed E-state index contributed by atoms with van der Waals surface area (Å²) >= 11 is 1.76. The summed E-state index contributed by atoms with van der Waals surface area (Å²) in [4.78, 5) is 14.0. The van der Waals surface area contributed by atoms with Crippen LogP contribution >= 0.6 is 11.3 Å². The first-order chi connectivity index (χ1) is 16.9. The molecule has 0 saturated heterocycles. The smallest absolute Gasteiger partial charge is 0.213 e. The summed E-state index contributed by atoms with van der Waals surface area (Å²) in [7, 11) is -3.18. The predicted octanol–water partition coefficient (Wildman–Crippen LogP) is 4.34. The second kappa shape index (κ2) is 10.2. The highest BCUT2D eigenvalue weighted by Crippen LogP contribution is 2.38. The van der Waals surface area contributed by atoms with Gasteiger partial charge in [-0.2, -0.15) is 0 Å². The summed E-state index contributed by atoms with van der Waals surface area (Å²) in [6.45, 7) is 7.62. The van der Waals surface area contributed by atoms with Crippen LogP contribution in [0.25, 0.3) is 16.3 Å². The molecule has 0 aliphatic carbocycles. The van der Waals surface area contributed by atoms with E-state index in [1.807, 2.05) is 0 Å². The van der Waals surface area contributed by atoms with E-state index < -0.39 is 10.0 Å². The molecule has 0 radical (unpaired) electrons. The van der Waals surface area contributed by atoms with Crippen molar-refractivity contribution in [1.82, 2.24) is 19.6 Å². The second-order valence-electron chi connectivity index (χ2n) is 9.34. The molecule has 2 aliphatic rings. The zero-order valence-corrected chi connectivity index (χ0v) is 21.8. The molecule has 1 aromatic carbocycles. The SMILES string of the molecule is CC(C)S(=O)(=O)NCCCCN1CCc2c(sc3ncnc(Nc4ccc5c(c4)C=CCN5)c23)C1. The summed E-state index contributed by atoms with van der Waals surface area (Å²) in [5.41, 5.74) is 4.69. The molecule has 35 heavy (non-hydrogen) atoms. The fourth-order valence-electron chi connectivity index (χ4n) is 4.54. The number of sulfonamides is 1. The maximum Gasteiger partial charge on any atom is 0.213 e. The van der Waals surface area contributed by atoms with E-state index in [9.17, 15) is 8.42 Å². The van der Waals surface area contributed by atoms with Crippen LogP contribution < -0.4 is 15.4 Å². The van der Waals surface area contributed by atoms with Crippen molar-refractivity contribution in [2.24, 2.45) is 0 Å². The number of unbranched alkanes of at least 4 members (excludes halogenated alkanes) is 1. The minimum atomic E-state index is -3.18. The van der Waals surface area contributed by atoms with Gasteiger partial charge in [0.15, 0.2) is 0 Å². The molecule has 5 rings (SSSR count). The summed E-state index contributed by atoms with van der Waals surface area (Å²) in [5.74, 6) is 0.867. The van der Waals surface area contributed by atoms with Gasteiger partial charge in [0.25, 0.3) is 0 Å². The number of benzene rings is 1. The molecule has 4 heterocycles. The molecule has 0 unspecified atom stereocenters. The van der Waals surface area contributed by atoms with Crippen molar-refractivity contribution in [3.05, 3.63) is 46.6 Å². The third-order valence-electron chi connectivity index (χ3n) is 6.56. The average molecular weight is 513 g/mol. The summed E-state index contributed by atoms with van der Waals surface area (Å²) in [6.07, 6.45) is 8.69. The number of aromatic nitrogens is 2. The van der Waals surface area contributed by atoms with E-state index in [0.717, 1.165) is 72.9 Å². The maximum atomic E-state index is 11.9. The molecule has 3 aromatic rings. The van der Waals surface area contributed by atoms with Gasteiger partial charge in [0, 0.05) is 42.4 Å².